The Balaban J connectivity index is 2.00. The Morgan fingerprint density at radius 3 is 3.06 bits per heavy atom. The average Bonchev–Trinajstić information content (AvgIpc) is 2.27. The summed E-state index contributed by atoms with van der Waals surface area (Å²) in [5, 5.41) is 3.15. The van der Waals surface area contributed by atoms with Gasteiger partial charge in [-0.05, 0) is 18.2 Å². The van der Waals surface area contributed by atoms with E-state index in [1.165, 1.54) is 12.1 Å². The van der Waals surface area contributed by atoms with Crippen LogP contribution >= 0.6 is 0 Å². The van der Waals surface area contributed by atoms with Gasteiger partial charge in [0.1, 0.15) is 5.82 Å². The van der Waals surface area contributed by atoms with Gasteiger partial charge in [-0.2, -0.15) is 0 Å². The number of nitrogens with zero attached hydrogens (tertiary/aromatic N) is 1. The van der Waals surface area contributed by atoms with Crippen molar-refractivity contribution in [2.45, 2.75) is 6.04 Å². The van der Waals surface area contributed by atoms with Crippen LogP contribution in [-0.4, -0.2) is 39.1 Å². The van der Waals surface area contributed by atoms with Crippen molar-refractivity contribution in [1.82, 2.24) is 0 Å². The summed E-state index contributed by atoms with van der Waals surface area (Å²) >= 11 is 0. The second-order valence-electron chi connectivity index (χ2n) is 4.50. The van der Waals surface area contributed by atoms with Crippen LogP contribution in [0.4, 0.5) is 15.8 Å². The molecule has 1 N–H and O–H groups in total. The summed E-state index contributed by atoms with van der Waals surface area (Å²) in [4.78, 5) is 2.00. The quantitative estimate of drug-likeness (QED) is 0.748. The average molecular weight is 256 g/mol. The van der Waals surface area contributed by atoms with Crippen LogP contribution in [0.1, 0.15) is 0 Å². The zero-order valence-electron chi connectivity index (χ0n) is 9.19. The highest BCUT2D eigenvalue weighted by Crippen LogP contribution is 2.33. The molecule has 2 heterocycles. The summed E-state index contributed by atoms with van der Waals surface area (Å²) in [5.41, 5.74) is 1.65. The van der Waals surface area contributed by atoms with Crippen LogP contribution in [0.25, 0.3) is 0 Å². The van der Waals surface area contributed by atoms with Gasteiger partial charge in [-0.15, -0.1) is 0 Å². The number of fused-ring (bicyclic) bond motifs is 3. The van der Waals surface area contributed by atoms with Crippen LogP contribution in [0.3, 0.4) is 0 Å². The van der Waals surface area contributed by atoms with Crippen LogP contribution in [-0.2, 0) is 9.84 Å². The molecule has 1 unspecified atom stereocenters. The van der Waals surface area contributed by atoms with Gasteiger partial charge in [0, 0.05) is 13.1 Å². The summed E-state index contributed by atoms with van der Waals surface area (Å²) < 4.78 is 36.3. The van der Waals surface area contributed by atoms with E-state index >= 15 is 0 Å². The van der Waals surface area contributed by atoms with Crippen molar-refractivity contribution in [3.63, 3.8) is 0 Å². The minimum atomic E-state index is -2.94. The molecule has 1 aromatic carbocycles. The lowest BCUT2D eigenvalue weighted by atomic mass is 10.1. The summed E-state index contributed by atoms with van der Waals surface area (Å²) in [6.45, 7) is 1.04. The fraction of sp³-hybridized carbons (Fsp3) is 0.455. The number of halogens is 1. The fourth-order valence-electron chi connectivity index (χ4n) is 2.49. The lowest BCUT2D eigenvalue weighted by molar-refractivity contribution is 0.558. The van der Waals surface area contributed by atoms with Crippen molar-refractivity contribution < 1.29 is 12.8 Å². The van der Waals surface area contributed by atoms with E-state index in [0.717, 1.165) is 11.4 Å². The highest BCUT2D eigenvalue weighted by Gasteiger charge is 2.34. The summed E-state index contributed by atoms with van der Waals surface area (Å²) in [7, 11) is -2.94. The van der Waals surface area contributed by atoms with Crippen molar-refractivity contribution >= 4 is 21.2 Å². The molecule has 0 aliphatic carbocycles. The molecule has 0 spiro atoms. The number of benzene rings is 1. The summed E-state index contributed by atoms with van der Waals surface area (Å²) in [6.07, 6.45) is 0. The maximum atomic E-state index is 13.2. The van der Waals surface area contributed by atoms with E-state index in [9.17, 15) is 12.8 Å². The van der Waals surface area contributed by atoms with Crippen molar-refractivity contribution in [1.29, 1.82) is 0 Å². The molecular weight excluding hydrogens is 243 g/mol. The molecule has 2 aliphatic heterocycles. The van der Waals surface area contributed by atoms with Gasteiger partial charge < -0.3 is 10.2 Å². The minimum Gasteiger partial charge on any atom is -0.381 e. The lowest BCUT2D eigenvalue weighted by Crippen LogP contribution is -2.54. The van der Waals surface area contributed by atoms with Crippen LogP contribution in [0.15, 0.2) is 18.2 Å². The first-order valence-electron chi connectivity index (χ1n) is 5.56. The third-order valence-electron chi connectivity index (χ3n) is 3.33. The largest absolute Gasteiger partial charge is 0.381 e. The fourth-order valence-corrected chi connectivity index (χ4v) is 4.02. The second-order valence-corrected chi connectivity index (χ2v) is 6.73. The molecule has 0 bridgehead atoms. The number of nitrogens with one attached hydrogen (secondary N) is 1. The predicted octanol–water partition coefficient (Wildman–Crippen LogP) is 0.855. The van der Waals surface area contributed by atoms with Gasteiger partial charge in [0.2, 0.25) is 0 Å². The van der Waals surface area contributed by atoms with Gasteiger partial charge in [-0.25, -0.2) is 12.8 Å². The van der Waals surface area contributed by atoms with Crippen molar-refractivity contribution in [3.8, 4) is 0 Å². The smallest absolute Gasteiger partial charge is 0.154 e. The van der Waals surface area contributed by atoms with E-state index in [0.29, 0.717) is 13.1 Å². The number of hydrogen-bond acceptors (Lipinski definition) is 4. The van der Waals surface area contributed by atoms with Gasteiger partial charge >= 0.3 is 0 Å². The van der Waals surface area contributed by atoms with Crippen molar-refractivity contribution in [2.75, 3.05) is 34.8 Å². The third kappa shape index (κ3) is 1.86. The Kier molecular flexibility index (Phi) is 2.29. The molecule has 6 heteroatoms. The zero-order chi connectivity index (χ0) is 12.0. The standard InChI is InChI=1S/C11H13FN2O2S/c12-8-1-2-10-11(5-8)14-3-4-17(15,16)7-9(14)6-13-10/h1-2,5,9,13H,3-4,6-7H2. The normalized spacial score (nSPS) is 25.7. The van der Waals surface area contributed by atoms with E-state index in [-0.39, 0.29) is 23.4 Å². The van der Waals surface area contributed by atoms with Gasteiger partial charge in [0.15, 0.2) is 9.84 Å². The Hall–Kier alpha value is -1.30. The first kappa shape index (κ1) is 10.8. The first-order chi connectivity index (χ1) is 8.05. The minimum absolute atomic E-state index is 0.0805. The number of sulfone groups is 1. The number of rotatable bonds is 0. The highest BCUT2D eigenvalue weighted by atomic mass is 32.2. The Morgan fingerprint density at radius 1 is 1.41 bits per heavy atom. The Labute approximate surface area is 99.3 Å². The van der Waals surface area contributed by atoms with Gasteiger partial charge in [0.25, 0.3) is 0 Å². The van der Waals surface area contributed by atoms with E-state index in [1.54, 1.807) is 6.07 Å². The van der Waals surface area contributed by atoms with Crippen LogP contribution in [0, 0.1) is 5.82 Å². The second kappa shape index (κ2) is 3.60. The monoisotopic (exact) mass is 256 g/mol. The van der Waals surface area contributed by atoms with E-state index in [4.69, 9.17) is 0 Å². The molecule has 3 rings (SSSR count). The molecule has 0 saturated carbocycles. The molecule has 17 heavy (non-hydrogen) atoms. The first-order valence-corrected chi connectivity index (χ1v) is 7.38. The van der Waals surface area contributed by atoms with Crippen LogP contribution in [0.5, 0.6) is 0 Å². The predicted molar refractivity (Wildman–Crippen MR) is 64.7 cm³/mol. The van der Waals surface area contributed by atoms with Crippen molar-refractivity contribution in [2.24, 2.45) is 0 Å². The number of hydrogen-bond donors (Lipinski definition) is 1. The van der Waals surface area contributed by atoms with Crippen LogP contribution in [0.2, 0.25) is 0 Å². The molecule has 92 valence electrons. The number of anilines is 2. The SMILES string of the molecule is O=S1(=O)CCN2c3cc(F)ccc3NCC2C1. The van der Waals surface area contributed by atoms with Gasteiger partial charge in [-0.1, -0.05) is 0 Å². The molecule has 1 aromatic rings. The molecule has 0 aromatic heterocycles. The maximum absolute atomic E-state index is 13.2. The third-order valence-corrected chi connectivity index (χ3v) is 5.02. The molecule has 4 nitrogen and oxygen atoms in total. The topological polar surface area (TPSA) is 49.4 Å². The van der Waals surface area contributed by atoms with E-state index in [1.807, 2.05) is 4.90 Å². The van der Waals surface area contributed by atoms with Gasteiger partial charge in [-0.3, -0.25) is 0 Å². The Bertz CT molecular complexity index is 559. The van der Waals surface area contributed by atoms with E-state index < -0.39 is 9.84 Å². The molecule has 1 saturated heterocycles. The molecule has 1 fully saturated rings. The Morgan fingerprint density at radius 2 is 2.24 bits per heavy atom. The molecular formula is C11H13FN2O2S. The molecule has 0 amide bonds. The van der Waals surface area contributed by atoms with Crippen molar-refractivity contribution in [3.05, 3.63) is 24.0 Å². The molecule has 2 aliphatic rings. The maximum Gasteiger partial charge on any atom is 0.154 e. The zero-order valence-corrected chi connectivity index (χ0v) is 10.0. The summed E-state index contributed by atoms with van der Waals surface area (Å²) in [6, 6.07) is 4.49. The molecule has 0 radical (unpaired) electrons. The van der Waals surface area contributed by atoms with Crippen LogP contribution < -0.4 is 10.2 Å². The lowest BCUT2D eigenvalue weighted by Gasteiger charge is -2.42. The highest BCUT2D eigenvalue weighted by molar-refractivity contribution is 7.91. The molecule has 1 atom stereocenters. The summed E-state index contributed by atoms with van der Waals surface area (Å²) in [5.74, 6) is 0.00899. The van der Waals surface area contributed by atoms with Gasteiger partial charge in [0.05, 0.1) is 28.9 Å². The van der Waals surface area contributed by atoms with E-state index in [2.05, 4.69) is 5.32 Å².